The van der Waals surface area contributed by atoms with Crippen molar-refractivity contribution in [3.63, 3.8) is 0 Å². The van der Waals surface area contributed by atoms with Crippen LogP contribution in [-0.4, -0.2) is 36.7 Å². The van der Waals surface area contributed by atoms with Crippen LogP contribution in [0.1, 0.15) is 5.69 Å². The van der Waals surface area contributed by atoms with Crippen LogP contribution in [0.2, 0.25) is 0 Å². The standard InChI is InChI=1S/C15H18N4O3S/c1-11-15(17-10-16-11)23(20,21)18-13-4-3-12-5-6-19(7-8-22-2)14(12)9-13/h3-6,9-10,18H,7-8H2,1-2H3,(H,16,17). The zero-order valence-electron chi connectivity index (χ0n) is 12.9. The van der Waals surface area contributed by atoms with Gasteiger partial charge in [-0.2, -0.15) is 8.42 Å². The molecule has 0 unspecified atom stereocenters. The maximum atomic E-state index is 12.4. The van der Waals surface area contributed by atoms with Crippen molar-refractivity contribution >= 4 is 26.6 Å². The summed E-state index contributed by atoms with van der Waals surface area (Å²) in [5.41, 5.74) is 1.94. The van der Waals surface area contributed by atoms with E-state index in [2.05, 4.69) is 14.7 Å². The van der Waals surface area contributed by atoms with Gasteiger partial charge in [0.25, 0.3) is 10.0 Å². The molecule has 2 heterocycles. The topological polar surface area (TPSA) is 89.0 Å². The van der Waals surface area contributed by atoms with Gasteiger partial charge in [0.05, 0.1) is 29.8 Å². The second kappa shape index (κ2) is 6.05. The third-order valence-electron chi connectivity index (χ3n) is 3.60. The number of aryl methyl sites for hydroxylation is 1. The van der Waals surface area contributed by atoms with Crippen LogP contribution in [0.5, 0.6) is 0 Å². The molecule has 23 heavy (non-hydrogen) atoms. The van der Waals surface area contributed by atoms with Crippen LogP contribution in [0.25, 0.3) is 10.9 Å². The number of anilines is 1. The molecule has 0 saturated heterocycles. The van der Waals surface area contributed by atoms with E-state index in [1.807, 2.05) is 29.0 Å². The molecule has 0 radical (unpaired) electrons. The zero-order valence-corrected chi connectivity index (χ0v) is 13.7. The van der Waals surface area contributed by atoms with Crippen molar-refractivity contribution in [3.05, 3.63) is 42.5 Å². The average Bonchev–Trinajstić information content (AvgIpc) is 3.11. The Morgan fingerprint density at radius 1 is 1.35 bits per heavy atom. The number of rotatable bonds is 6. The molecular weight excluding hydrogens is 316 g/mol. The summed E-state index contributed by atoms with van der Waals surface area (Å²) in [5.74, 6) is 0. The summed E-state index contributed by atoms with van der Waals surface area (Å²) >= 11 is 0. The number of aromatic nitrogens is 3. The van der Waals surface area contributed by atoms with E-state index in [0.717, 1.165) is 10.9 Å². The van der Waals surface area contributed by atoms with Gasteiger partial charge in [0.15, 0.2) is 5.03 Å². The highest BCUT2D eigenvalue weighted by Gasteiger charge is 2.19. The first-order valence-electron chi connectivity index (χ1n) is 7.12. The lowest BCUT2D eigenvalue weighted by molar-refractivity contribution is 0.188. The van der Waals surface area contributed by atoms with Gasteiger partial charge in [-0.3, -0.25) is 4.72 Å². The molecule has 0 aliphatic rings. The molecule has 0 saturated carbocycles. The van der Waals surface area contributed by atoms with Gasteiger partial charge in [-0.1, -0.05) is 6.07 Å². The molecule has 3 rings (SSSR count). The molecule has 0 aliphatic heterocycles. The minimum Gasteiger partial charge on any atom is -0.383 e. The SMILES string of the molecule is COCCn1ccc2ccc(NS(=O)(=O)c3nc[nH]c3C)cc21. The highest BCUT2D eigenvalue weighted by molar-refractivity contribution is 7.92. The lowest BCUT2D eigenvalue weighted by Crippen LogP contribution is -2.14. The highest BCUT2D eigenvalue weighted by atomic mass is 32.2. The third kappa shape index (κ3) is 3.08. The molecule has 0 aliphatic carbocycles. The lowest BCUT2D eigenvalue weighted by atomic mass is 10.2. The quantitative estimate of drug-likeness (QED) is 0.722. The van der Waals surface area contributed by atoms with E-state index in [1.165, 1.54) is 6.33 Å². The number of fused-ring (bicyclic) bond motifs is 1. The molecule has 0 atom stereocenters. The van der Waals surface area contributed by atoms with E-state index >= 15 is 0 Å². The number of nitrogens with one attached hydrogen (secondary N) is 2. The van der Waals surface area contributed by atoms with Gasteiger partial charge in [0.1, 0.15) is 0 Å². The monoisotopic (exact) mass is 334 g/mol. The molecule has 0 amide bonds. The summed E-state index contributed by atoms with van der Waals surface area (Å²) in [6, 6.07) is 7.42. The van der Waals surface area contributed by atoms with Crippen LogP contribution in [0.4, 0.5) is 5.69 Å². The second-order valence-electron chi connectivity index (χ2n) is 5.21. The number of sulfonamides is 1. The Labute approximate surface area is 134 Å². The van der Waals surface area contributed by atoms with Crippen LogP contribution in [0.15, 0.2) is 41.8 Å². The van der Waals surface area contributed by atoms with Crippen molar-refractivity contribution in [3.8, 4) is 0 Å². The van der Waals surface area contributed by atoms with Crippen LogP contribution in [0, 0.1) is 6.92 Å². The van der Waals surface area contributed by atoms with Crippen molar-refractivity contribution in [2.45, 2.75) is 18.5 Å². The number of nitrogens with zero attached hydrogens (tertiary/aromatic N) is 2. The molecular formula is C15H18N4O3S. The summed E-state index contributed by atoms with van der Waals surface area (Å²) in [6.45, 7) is 2.96. The largest absolute Gasteiger partial charge is 0.383 e. The van der Waals surface area contributed by atoms with Gasteiger partial charge in [-0.15, -0.1) is 0 Å². The summed E-state index contributed by atoms with van der Waals surface area (Å²) < 4.78 is 34.5. The molecule has 7 nitrogen and oxygen atoms in total. The second-order valence-corrected chi connectivity index (χ2v) is 6.81. The molecule has 2 aromatic heterocycles. The maximum absolute atomic E-state index is 12.4. The van der Waals surface area contributed by atoms with E-state index in [0.29, 0.717) is 24.5 Å². The van der Waals surface area contributed by atoms with Crippen LogP contribution in [-0.2, 0) is 21.3 Å². The predicted octanol–water partition coefficient (Wildman–Crippen LogP) is 2.12. The lowest BCUT2D eigenvalue weighted by Gasteiger charge is -2.09. The van der Waals surface area contributed by atoms with Crippen molar-refractivity contribution in [1.29, 1.82) is 0 Å². The Hall–Kier alpha value is -2.32. The fourth-order valence-electron chi connectivity index (χ4n) is 2.45. The summed E-state index contributed by atoms with van der Waals surface area (Å²) in [6.07, 6.45) is 3.32. The first-order valence-corrected chi connectivity index (χ1v) is 8.60. The molecule has 0 bridgehead atoms. The van der Waals surface area contributed by atoms with E-state index in [-0.39, 0.29) is 5.03 Å². The fraction of sp³-hybridized carbons (Fsp3) is 0.267. The van der Waals surface area contributed by atoms with E-state index < -0.39 is 10.0 Å². The van der Waals surface area contributed by atoms with Gasteiger partial charge in [0.2, 0.25) is 0 Å². The van der Waals surface area contributed by atoms with Crippen LogP contribution >= 0.6 is 0 Å². The number of H-pyrrole nitrogens is 1. The van der Waals surface area contributed by atoms with Crippen LogP contribution in [0.3, 0.4) is 0 Å². The molecule has 0 fully saturated rings. The minimum absolute atomic E-state index is 0.00682. The van der Waals surface area contributed by atoms with Gasteiger partial charge < -0.3 is 14.3 Å². The summed E-state index contributed by atoms with van der Waals surface area (Å²) in [5, 5.41) is 1.05. The maximum Gasteiger partial charge on any atom is 0.281 e. The number of methoxy groups -OCH3 is 1. The molecule has 8 heteroatoms. The number of hydrogen-bond donors (Lipinski definition) is 2. The Bertz CT molecular complexity index is 927. The predicted molar refractivity (Wildman–Crippen MR) is 87.9 cm³/mol. The summed E-state index contributed by atoms with van der Waals surface area (Å²) in [4.78, 5) is 6.64. The van der Waals surface area contributed by atoms with Crippen molar-refractivity contribution in [2.24, 2.45) is 0 Å². The Morgan fingerprint density at radius 3 is 2.87 bits per heavy atom. The number of hydrogen-bond acceptors (Lipinski definition) is 4. The Kier molecular flexibility index (Phi) is 4.10. The van der Waals surface area contributed by atoms with Gasteiger partial charge in [-0.05, 0) is 30.5 Å². The van der Waals surface area contributed by atoms with Crippen molar-refractivity contribution in [2.75, 3.05) is 18.4 Å². The number of aromatic amines is 1. The zero-order chi connectivity index (χ0) is 16.4. The smallest absolute Gasteiger partial charge is 0.281 e. The highest BCUT2D eigenvalue weighted by Crippen LogP contribution is 2.23. The number of imidazole rings is 1. The van der Waals surface area contributed by atoms with Gasteiger partial charge in [-0.25, -0.2) is 4.98 Å². The van der Waals surface area contributed by atoms with Crippen molar-refractivity contribution < 1.29 is 13.2 Å². The molecule has 1 aromatic carbocycles. The molecule has 0 spiro atoms. The normalized spacial score (nSPS) is 11.9. The van der Waals surface area contributed by atoms with E-state index in [4.69, 9.17) is 4.74 Å². The molecule has 3 aromatic rings. The molecule has 2 N–H and O–H groups in total. The fourth-order valence-corrected chi connectivity index (χ4v) is 3.64. The average molecular weight is 334 g/mol. The minimum atomic E-state index is -3.71. The Morgan fingerprint density at radius 2 is 2.17 bits per heavy atom. The van der Waals surface area contributed by atoms with Gasteiger partial charge in [0, 0.05) is 19.9 Å². The van der Waals surface area contributed by atoms with E-state index in [9.17, 15) is 8.42 Å². The van der Waals surface area contributed by atoms with E-state index in [1.54, 1.807) is 20.1 Å². The van der Waals surface area contributed by atoms with Gasteiger partial charge >= 0.3 is 0 Å². The molecule has 122 valence electrons. The van der Waals surface area contributed by atoms with Crippen molar-refractivity contribution in [1.82, 2.24) is 14.5 Å². The number of ether oxygens (including phenoxy) is 1. The number of benzene rings is 1. The first-order chi connectivity index (χ1) is 11.0. The van der Waals surface area contributed by atoms with Crippen LogP contribution < -0.4 is 4.72 Å². The first kappa shape index (κ1) is 15.6. The Balaban J connectivity index is 1.93. The third-order valence-corrected chi connectivity index (χ3v) is 5.03. The summed E-state index contributed by atoms with van der Waals surface area (Å²) in [7, 11) is -2.06.